The van der Waals surface area contributed by atoms with Crippen LogP contribution in [0.4, 0.5) is 0 Å². The van der Waals surface area contributed by atoms with Crippen molar-refractivity contribution in [3.63, 3.8) is 0 Å². The lowest BCUT2D eigenvalue weighted by atomic mass is 9.78. The summed E-state index contributed by atoms with van der Waals surface area (Å²) in [6.07, 6.45) is 3.95. The van der Waals surface area contributed by atoms with Crippen LogP contribution in [0.3, 0.4) is 0 Å². The SMILES string of the molecule is NCCn1cc(C(=O)N2CCC3(CCCN(CCO)C3=O)C2)nn1. The highest BCUT2D eigenvalue weighted by Gasteiger charge is 2.49. The summed E-state index contributed by atoms with van der Waals surface area (Å²) in [7, 11) is 0. The zero-order valence-electron chi connectivity index (χ0n) is 13.7. The molecule has 1 aromatic rings. The molecule has 1 aromatic heterocycles. The molecule has 0 aromatic carbocycles. The average Bonchev–Trinajstić information content (AvgIpc) is 3.20. The lowest BCUT2D eigenvalue weighted by Gasteiger charge is -2.39. The third-order valence-corrected chi connectivity index (χ3v) is 4.95. The Balaban J connectivity index is 1.69. The second-order valence-corrected chi connectivity index (χ2v) is 6.53. The smallest absolute Gasteiger partial charge is 0.276 e. The molecular formula is C15H24N6O3. The molecule has 2 aliphatic rings. The van der Waals surface area contributed by atoms with E-state index < -0.39 is 5.41 Å². The fraction of sp³-hybridized carbons (Fsp3) is 0.733. The van der Waals surface area contributed by atoms with Gasteiger partial charge in [-0.05, 0) is 19.3 Å². The Morgan fingerprint density at radius 3 is 2.92 bits per heavy atom. The number of hydrogen-bond acceptors (Lipinski definition) is 6. The van der Waals surface area contributed by atoms with Gasteiger partial charge in [0.15, 0.2) is 5.69 Å². The maximum Gasteiger partial charge on any atom is 0.276 e. The molecule has 2 saturated heterocycles. The number of β-amino-alcohol motifs (C(OH)–C–C–N with tert-alkyl or cyclic N) is 1. The minimum absolute atomic E-state index is 0.0330. The first-order valence-electron chi connectivity index (χ1n) is 8.39. The third kappa shape index (κ3) is 3.01. The van der Waals surface area contributed by atoms with Crippen LogP contribution in [0.1, 0.15) is 29.8 Å². The third-order valence-electron chi connectivity index (χ3n) is 4.95. The zero-order valence-corrected chi connectivity index (χ0v) is 13.7. The second kappa shape index (κ2) is 6.86. The molecule has 2 fully saturated rings. The van der Waals surface area contributed by atoms with E-state index in [0.717, 1.165) is 12.8 Å². The van der Waals surface area contributed by atoms with Crippen LogP contribution >= 0.6 is 0 Å². The van der Waals surface area contributed by atoms with E-state index >= 15 is 0 Å². The van der Waals surface area contributed by atoms with Crippen molar-refractivity contribution >= 4 is 11.8 Å². The molecule has 1 spiro atoms. The Hall–Kier alpha value is -2.00. The van der Waals surface area contributed by atoms with Crippen molar-refractivity contribution in [2.45, 2.75) is 25.8 Å². The summed E-state index contributed by atoms with van der Waals surface area (Å²) in [5.74, 6) is -0.132. The highest BCUT2D eigenvalue weighted by molar-refractivity contribution is 5.93. The van der Waals surface area contributed by atoms with E-state index in [1.807, 2.05) is 0 Å². The maximum atomic E-state index is 12.8. The minimum atomic E-state index is -0.504. The molecule has 3 rings (SSSR count). The fourth-order valence-electron chi connectivity index (χ4n) is 3.71. The van der Waals surface area contributed by atoms with Gasteiger partial charge in [-0.1, -0.05) is 5.21 Å². The van der Waals surface area contributed by atoms with Crippen molar-refractivity contribution in [1.29, 1.82) is 0 Å². The summed E-state index contributed by atoms with van der Waals surface area (Å²) in [6, 6.07) is 0. The largest absolute Gasteiger partial charge is 0.395 e. The molecule has 132 valence electrons. The Morgan fingerprint density at radius 1 is 1.33 bits per heavy atom. The number of nitrogens with zero attached hydrogens (tertiary/aromatic N) is 5. The number of rotatable bonds is 5. The molecule has 0 radical (unpaired) electrons. The van der Waals surface area contributed by atoms with Gasteiger partial charge >= 0.3 is 0 Å². The Labute approximate surface area is 140 Å². The van der Waals surface area contributed by atoms with Crippen LogP contribution in [0.5, 0.6) is 0 Å². The normalized spacial score (nSPS) is 24.2. The molecule has 9 nitrogen and oxygen atoms in total. The Morgan fingerprint density at radius 2 is 2.17 bits per heavy atom. The number of hydrogen-bond donors (Lipinski definition) is 2. The van der Waals surface area contributed by atoms with Crippen molar-refractivity contribution in [3.05, 3.63) is 11.9 Å². The molecule has 1 unspecified atom stereocenters. The van der Waals surface area contributed by atoms with Crippen LogP contribution in [-0.4, -0.2) is 81.0 Å². The molecule has 24 heavy (non-hydrogen) atoms. The van der Waals surface area contributed by atoms with Crippen LogP contribution in [-0.2, 0) is 11.3 Å². The summed E-state index contributed by atoms with van der Waals surface area (Å²) >= 11 is 0. The van der Waals surface area contributed by atoms with E-state index in [1.54, 1.807) is 20.7 Å². The minimum Gasteiger partial charge on any atom is -0.395 e. The summed E-state index contributed by atoms with van der Waals surface area (Å²) in [4.78, 5) is 28.8. The second-order valence-electron chi connectivity index (χ2n) is 6.53. The summed E-state index contributed by atoms with van der Waals surface area (Å²) in [5, 5.41) is 16.9. The molecule has 9 heteroatoms. The molecule has 0 bridgehead atoms. The topological polar surface area (TPSA) is 118 Å². The summed E-state index contributed by atoms with van der Waals surface area (Å²) in [6.45, 7) is 2.91. The van der Waals surface area contributed by atoms with Crippen LogP contribution in [0.2, 0.25) is 0 Å². The molecular weight excluding hydrogens is 312 g/mol. The number of carbonyl (C=O) groups is 2. The predicted octanol–water partition coefficient (Wildman–Crippen LogP) is -1.32. The molecule has 0 saturated carbocycles. The molecule has 1 atom stereocenters. The van der Waals surface area contributed by atoms with Crippen LogP contribution in [0, 0.1) is 5.41 Å². The molecule has 3 heterocycles. The summed E-state index contributed by atoms with van der Waals surface area (Å²) < 4.78 is 1.55. The number of aromatic nitrogens is 3. The number of carbonyl (C=O) groups excluding carboxylic acids is 2. The standard InChI is InChI=1S/C15H24N6O3/c16-4-7-21-10-12(17-18-21)13(23)20-6-3-15(11-20)2-1-5-19(8-9-22)14(15)24/h10,22H,1-9,11,16H2. The van der Waals surface area contributed by atoms with Gasteiger partial charge in [-0.3, -0.25) is 14.3 Å². The monoisotopic (exact) mass is 336 g/mol. The first-order chi connectivity index (χ1) is 11.6. The van der Waals surface area contributed by atoms with Crippen LogP contribution in [0.25, 0.3) is 0 Å². The van der Waals surface area contributed by atoms with Gasteiger partial charge in [0, 0.05) is 32.7 Å². The lowest BCUT2D eigenvalue weighted by molar-refractivity contribution is -0.146. The van der Waals surface area contributed by atoms with E-state index in [4.69, 9.17) is 10.8 Å². The van der Waals surface area contributed by atoms with Crippen LogP contribution < -0.4 is 5.73 Å². The highest BCUT2D eigenvalue weighted by atomic mass is 16.3. The first kappa shape index (κ1) is 16.8. The number of aliphatic hydroxyl groups excluding tert-OH is 1. The van der Waals surface area contributed by atoms with E-state index in [9.17, 15) is 9.59 Å². The Kier molecular flexibility index (Phi) is 4.81. The van der Waals surface area contributed by atoms with Crippen molar-refractivity contribution in [2.24, 2.45) is 11.1 Å². The van der Waals surface area contributed by atoms with E-state index in [0.29, 0.717) is 45.7 Å². The van der Waals surface area contributed by atoms with Crippen molar-refractivity contribution in [2.75, 3.05) is 39.3 Å². The van der Waals surface area contributed by atoms with E-state index in [1.165, 1.54) is 0 Å². The first-order valence-corrected chi connectivity index (χ1v) is 8.39. The van der Waals surface area contributed by atoms with Crippen molar-refractivity contribution in [1.82, 2.24) is 24.8 Å². The predicted molar refractivity (Wildman–Crippen MR) is 84.9 cm³/mol. The molecule has 0 aliphatic carbocycles. The maximum absolute atomic E-state index is 12.8. The van der Waals surface area contributed by atoms with Gasteiger partial charge in [0.1, 0.15) is 0 Å². The number of piperidine rings is 1. The van der Waals surface area contributed by atoms with Gasteiger partial charge in [0.05, 0.1) is 24.8 Å². The fourth-order valence-corrected chi connectivity index (χ4v) is 3.71. The van der Waals surface area contributed by atoms with Gasteiger partial charge < -0.3 is 20.6 Å². The van der Waals surface area contributed by atoms with Gasteiger partial charge in [-0.15, -0.1) is 5.10 Å². The summed E-state index contributed by atoms with van der Waals surface area (Å²) in [5.41, 5.74) is 5.25. The van der Waals surface area contributed by atoms with Gasteiger partial charge in [-0.2, -0.15) is 0 Å². The molecule has 2 amide bonds. The highest BCUT2D eigenvalue weighted by Crippen LogP contribution is 2.40. The van der Waals surface area contributed by atoms with Gasteiger partial charge in [0.25, 0.3) is 5.91 Å². The van der Waals surface area contributed by atoms with Crippen molar-refractivity contribution in [3.8, 4) is 0 Å². The number of likely N-dealkylation sites (tertiary alicyclic amines) is 2. The number of nitrogens with two attached hydrogens (primary N) is 1. The van der Waals surface area contributed by atoms with E-state index in [-0.39, 0.29) is 24.1 Å². The zero-order chi connectivity index (χ0) is 17.2. The van der Waals surface area contributed by atoms with Gasteiger partial charge in [0.2, 0.25) is 5.91 Å². The quantitative estimate of drug-likeness (QED) is 0.689. The number of aliphatic hydroxyl groups is 1. The molecule has 2 aliphatic heterocycles. The average molecular weight is 336 g/mol. The van der Waals surface area contributed by atoms with Gasteiger partial charge in [-0.25, -0.2) is 0 Å². The molecule has 3 N–H and O–H groups in total. The van der Waals surface area contributed by atoms with E-state index in [2.05, 4.69) is 10.3 Å². The number of amides is 2. The lowest BCUT2D eigenvalue weighted by Crippen LogP contribution is -2.51. The van der Waals surface area contributed by atoms with Crippen molar-refractivity contribution < 1.29 is 14.7 Å². The van der Waals surface area contributed by atoms with Crippen LogP contribution in [0.15, 0.2) is 6.20 Å². The Bertz CT molecular complexity index is 616.